The fraction of sp³-hybridized carbons (Fsp3) is 0.143. The van der Waals surface area contributed by atoms with Crippen LogP contribution >= 0.6 is 11.8 Å². The Balaban J connectivity index is 2.55. The number of hydrogen-bond donors (Lipinski definition) is 0. The average molecular weight is 209 g/mol. The Bertz CT molecular complexity index is 286. The molecule has 72 valence electrons. The van der Waals surface area contributed by atoms with E-state index in [4.69, 9.17) is 0 Å². The van der Waals surface area contributed by atoms with E-state index in [1.165, 1.54) is 18.2 Å². The Morgan fingerprint density at radius 2 is 1.92 bits per heavy atom. The number of benzene rings is 1. The highest BCUT2D eigenvalue weighted by Crippen LogP contribution is 2.24. The Hall–Kier alpha value is -0.645. The molecule has 0 spiro atoms. The van der Waals surface area contributed by atoms with Crippen LogP contribution in [-0.4, -0.2) is 12.6 Å². The van der Waals surface area contributed by atoms with Crippen molar-refractivity contribution in [1.29, 1.82) is 0 Å². The van der Waals surface area contributed by atoms with Crippen molar-refractivity contribution in [2.45, 2.75) is 4.90 Å². The van der Waals surface area contributed by atoms with E-state index in [0.29, 0.717) is 16.7 Å². The second-order valence-corrected chi connectivity index (χ2v) is 3.57. The van der Waals surface area contributed by atoms with Crippen molar-refractivity contribution in [3.63, 3.8) is 0 Å². The van der Waals surface area contributed by atoms with Crippen molar-refractivity contribution in [3.8, 4) is 0 Å². The molecule has 0 radical (unpaired) electrons. The van der Waals surface area contributed by atoms with Gasteiger partial charge in [-0.05, 0) is 23.9 Å². The summed E-state index contributed by atoms with van der Waals surface area (Å²) in [5.41, 5.74) is -0.927. The first-order valence-corrected chi connectivity index (χ1v) is 4.55. The van der Waals surface area contributed by atoms with Crippen LogP contribution in [0.25, 0.3) is 0 Å². The van der Waals surface area contributed by atoms with Crippen LogP contribution in [0.4, 0.5) is 17.3 Å². The van der Waals surface area contributed by atoms with Gasteiger partial charge in [-0.3, -0.25) is 0 Å². The van der Waals surface area contributed by atoms with Crippen LogP contribution in [0.15, 0.2) is 29.2 Å². The van der Waals surface area contributed by atoms with Gasteiger partial charge in [0.15, 0.2) is 0 Å². The molecule has 6 heteroatoms. The molecule has 0 heterocycles. The van der Waals surface area contributed by atoms with E-state index in [1.54, 1.807) is 0 Å². The first kappa shape index (κ1) is 10.4. The number of rotatable bonds is 3. The second-order valence-electron chi connectivity index (χ2n) is 2.48. The summed E-state index contributed by atoms with van der Waals surface area (Å²) in [6, 6.07) is 5.13. The lowest BCUT2D eigenvalue weighted by Crippen LogP contribution is -2.18. The third-order valence-electron chi connectivity index (χ3n) is 1.24. The molecule has 0 aliphatic carbocycles. The van der Waals surface area contributed by atoms with Gasteiger partial charge in [0.1, 0.15) is 5.82 Å². The Morgan fingerprint density at radius 3 is 2.46 bits per heavy atom. The standard InChI is InChI=1S/C7H6BF4S/c9-6-2-1-3-7(4-6)13-5-8(10,11)12/h1-4H,5H2/q-1. The Kier molecular flexibility index (Phi) is 3.25. The van der Waals surface area contributed by atoms with Crippen molar-refractivity contribution in [1.82, 2.24) is 0 Å². The normalized spacial score (nSPS) is 11.7. The summed E-state index contributed by atoms with van der Waals surface area (Å²) >= 11 is 0.604. The zero-order chi connectivity index (χ0) is 9.90. The van der Waals surface area contributed by atoms with Crippen LogP contribution in [0.2, 0.25) is 0 Å². The lowest BCUT2D eigenvalue weighted by molar-refractivity contribution is 0.485. The van der Waals surface area contributed by atoms with Gasteiger partial charge in [0, 0.05) is 4.90 Å². The van der Waals surface area contributed by atoms with E-state index in [9.17, 15) is 17.3 Å². The maximum atomic E-state index is 12.5. The fourth-order valence-corrected chi connectivity index (χ4v) is 1.50. The molecule has 0 atom stereocenters. The third-order valence-corrected chi connectivity index (χ3v) is 2.37. The summed E-state index contributed by atoms with van der Waals surface area (Å²) in [4.78, 5) is 0.305. The lowest BCUT2D eigenvalue weighted by atomic mass is 9.98. The molecule has 1 aromatic rings. The molecule has 0 N–H and O–H groups in total. The molecule has 0 saturated carbocycles. The third kappa shape index (κ3) is 4.21. The van der Waals surface area contributed by atoms with Crippen LogP contribution in [0.1, 0.15) is 0 Å². The summed E-state index contributed by atoms with van der Waals surface area (Å²) < 4.78 is 47.9. The summed E-state index contributed by atoms with van der Waals surface area (Å²) in [6.07, 6.45) is 0. The minimum atomic E-state index is -4.80. The quantitative estimate of drug-likeness (QED) is 0.418. The van der Waals surface area contributed by atoms with Gasteiger partial charge in [-0.1, -0.05) is 6.07 Å². The molecule has 13 heavy (non-hydrogen) atoms. The molecule has 0 unspecified atom stereocenters. The van der Waals surface area contributed by atoms with Crippen molar-refractivity contribution >= 4 is 18.7 Å². The van der Waals surface area contributed by atoms with Crippen molar-refractivity contribution in [2.24, 2.45) is 0 Å². The Morgan fingerprint density at radius 1 is 1.23 bits per heavy atom. The van der Waals surface area contributed by atoms with E-state index in [0.717, 1.165) is 6.07 Å². The van der Waals surface area contributed by atoms with Crippen LogP contribution in [0.3, 0.4) is 0 Å². The molecule has 1 rings (SSSR count). The van der Waals surface area contributed by atoms with Gasteiger partial charge in [0.2, 0.25) is 0 Å². The first-order chi connectivity index (χ1) is 5.97. The summed E-state index contributed by atoms with van der Waals surface area (Å²) in [5, 5.41) is 0. The van der Waals surface area contributed by atoms with Gasteiger partial charge in [-0.2, -0.15) is 11.8 Å². The number of hydrogen-bond acceptors (Lipinski definition) is 1. The maximum absolute atomic E-state index is 12.5. The second kappa shape index (κ2) is 4.04. The minimum absolute atomic E-state index is 0.305. The van der Waals surface area contributed by atoms with Crippen molar-refractivity contribution in [3.05, 3.63) is 30.1 Å². The minimum Gasteiger partial charge on any atom is -0.448 e. The van der Waals surface area contributed by atoms with Gasteiger partial charge in [-0.15, -0.1) is 0 Å². The van der Waals surface area contributed by atoms with Crippen molar-refractivity contribution in [2.75, 3.05) is 5.65 Å². The van der Waals surface area contributed by atoms with E-state index >= 15 is 0 Å². The number of halogens is 4. The predicted octanol–water partition coefficient (Wildman–Crippen LogP) is 3.30. The van der Waals surface area contributed by atoms with Crippen LogP contribution in [0, 0.1) is 5.82 Å². The maximum Gasteiger partial charge on any atom is 0.488 e. The van der Waals surface area contributed by atoms with E-state index < -0.39 is 18.4 Å². The molecule has 0 nitrogen and oxygen atoms in total. The monoisotopic (exact) mass is 209 g/mol. The topological polar surface area (TPSA) is 0 Å². The average Bonchev–Trinajstić information content (AvgIpc) is 2.00. The largest absolute Gasteiger partial charge is 0.488 e. The van der Waals surface area contributed by atoms with Gasteiger partial charge in [-0.25, -0.2) is 4.39 Å². The summed E-state index contributed by atoms with van der Waals surface area (Å²) in [7, 11) is 0. The summed E-state index contributed by atoms with van der Waals surface area (Å²) in [6.45, 7) is -4.80. The highest BCUT2D eigenvalue weighted by molar-refractivity contribution is 8.00. The molecular formula is C7H6BF4S-. The van der Waals surface area contributed by atoms with Crippen LogP contribution in [-0.2, 0) is 0 Å². The zero-order valence-corrected chi connectivity index (χ0v) is 7.33. The Labute approximate surface area is 77.4 Å². The molecular weight excluding hydrogens is 203 g/mol. The molecule has 0 saturated heterocycles. The molecule has 1 aromatic carbocycles. The SMILES string of the molecule is Fc1cccc(SC[B-](F)(F)F)c1. The van der Waals surface area contributed by atoms with Gasteiger partial charge in [0.25, 0.3) is 0 Å². The van der Waals surface area contributed by atoms with Crippen molar-refractivity contribution < 1.29 is 17.3 Å². The van der Waals surface area contributed by atoms with E-state index in [-0.39, 0.29) is 0 Å². The number of thioether (sulfide) groups is 1. The predicted molar refractivity (Wildman–Crippen MR) is 46.2 cm³/mol. The molecule has 0 fully saturated rings. The fourth-order valence-electron chi connectivity index (χ4n) is 0.747. The van der Waals surface area contributed by atoms with Crippen LogP contribution in [0.5, 0.6) is 0 Å². The molecule has 0 aliphatic rings. The summed E-state index contributed by atoms with van der Waals surface area (Å²) in [5.74, 6) is -0.514. The van der Waals surface area contributed by atoms with E-state index in [1.807, 2.05) is 0 Å². The van der Waals surface area contributed by atoms with E-state index in [2.05, 4.69) is 0 Å². The molecule has 0 aliphatic heterocycles. The van der Waals surface area contributed by atoms with Gasteiger partial charge >= 0.3 is 6.98 Å². The van der Waals surface area contributed by atoms with Crippen LogP contribution < -0.4 is 0 Å². The molecule has 0 aromatic heterocycles. The first-order valence-electron chi connectivity index (χ1n) is 3.57. The highest BCUT2D eigenvalue weighted by Gasteiger charge is 2.22. The van der Waals surface area contributed by atoms with Gasteiger partial charge < -0.3 is 12.9 Å². The highest BCUT2D eigenvalue weighted by atomic mass is 32.2. The van der Waals surface area contributed by atoms with Gasteiger partial charge in [0.05, 0.1) is 0 Å². The smallest absolute Gasteiger partial charge is 0.448 e. The zero-order valence-electron chi connectivity index (χ0n) is 6.51. The lowest BCUT2D eigenvalue weighted by Gasteiger charge is -2.12. The molecule has 0 amide bonds. The molecule has 0 bridgehead atoms.